The van der Waals surface area contributed by atoms with E-state index in [4.69, 9.17) is 10.00 Å². The largest absolute Gasteiger partial charge is 0.451 e. The first kappa shape index (κ1) is 17.9. The zero-order valence-electron chi connectivity index (χ0n) is 14.2. The second-order valence-electron chi connectivity index (χ2n) is 5.75. The summed E-state index contributed by atoms with van der Waals surface area (Å²) in [6.45, 7) is -0.492. The second-order valence-corrected chi connectivity index (χ2v) is 5.75. The smallest absolute Gasteiger partial charge is 0.355 e. The molecule has 27 heavy (non-hydrogen) atoms. The van der Waals surface area contributed by atoms with Crippen LogP contribution >= 0.6 is 0 Å². The molecular formula is C20H15N3O4. The molecule has 0 atom stereocenters. The molecule has 0 saturated heterocycles. The first-order valence-electron chi connectivity index (χ1n) is 8.12. The average Bonchev–Trinajstić information content (AvgIpc) is 2.68. The Bertz CT molecular complexity index is 1090. The molecule has 1 heterocycles. The number of rotatable bonds is 5. The monoisotopic (exact) mass is 361 g/mol. The molecule has 1 aromatic heterocycles. The van der Waals surface area contributed by atoms with E-state index in [2.05, 4.69) is 10.3 Å². The Morgan fingerprint density at radius 3 is 2.59 bits per heavy atom. The van der Waals surface area contributed by atoms with Gasteiger partial charge in [-0.1, -0.05) is 24.3 Å². The molecule has 3 aromatic rings. The van der Waals surface area contributed by atoms with E-state index in [0.717, 1.165) is 11.6 Å². The summed E-state index contributed by atoms with van der Waals surface area (Å²) in [4.78, 5) is 38.9. The molecule has 0 spiro atoms. The highest BCUT2D eigenvalue weighted by Crippen LogP contribution is 2.10. The Morgan fingerprint density at radius 2 is 1.85 bits per heavy atom. The zero-order valence-corrected chi connectivity index (χ0v) is 14.2. The molecule has 7 heteroatoms. The van der Waals surface area contributed by atoms with Crippen LogP contribution in [-0.4, -0.2) is 23.5 Å². The number of anilines is 1. The van der Waals surface area contributed by atoms with Gasteiger partial charge in [0.25, 0.3) is 5.91 Å². The number of amides is 1. The van der Waals surface area contributed by atoms with Crippen molar-refractivity contribution < 1.29 is 14.3 Å². The maximum atomic E-state index is 12.1. The number of nitrogens with one attached hydrogen (secondary N) is 2. The molecule has 0 fully saturated rings. The van der Waals surface area contributed by atoms with Crippen molar-refractivity contribution in [3.05, 3.63) is 76.1 Å². The highest BCUT2D eigenvalue weighted by Gasteiger charge is 2.13. The number of para-hydroxylation sites is 1. The lowest BCUT2D eigenvalue weighted by Gasteiger charge is -2.08. The number of carbonyl (C=O) groups is 2. The zero-order chi connectivity index (χ0) is 19.2. The lowest BCUT2D eigenvalue weighted by Crippen LogP contribution is -2.22. The highest BCUT2D eigenvalue weighted by molar-refractivity contribution is 5.95. The summed E-state index contributed by atoms with van der Waals surface area (Å²) in [6.07, 6.45) is 0.287. The number of ether oxygens (including phenoxy) is 1. The van der Waals surface area contributed by atoms with Crippen molar-refractivity contribution in [2.75, 3.05) is 11.9 Å². The van der Waals surface area contributed by atoms with Crippen molar-refractivity contribution in [2.45, 2.75) is 6.42 Å². The van der Waals surface area contributed by atoms with Gasteiger partial charge in [0.2, 0.25) is 0 Å². The Morgan fingerprint density at radius 1 is 1.11 bits per heavy atom. The van der Waals surface area contributed by atoms with Crippen molar-refractivity contribution in [3.63, 3.8) is 0 Å². The van der Waals surface area contributed by atoms with Crippen LogP contribution in [0.1, 0.15) is 16.1 Å². The van der Waals surface area contributed by atoms with Gasteiger partial charge in [-0.3, -0.25) is 9.59 Å². The number of esters is 1. The van der Waals surface area contributed by atoms with Gasteiger partial charge >= 0.3 is 5.97 Å². The van der Waals surface area contributed by atoms with Crippen LogP contribution in [0.3, 0.4) is 0 Å². The highest BCUT2D eigenvalue weighted by atomic mass is 16.5. The standard InChI is InChI=1S/C20H15N3O4/c21-10-9-13-5-7-14(8-6-13)22-19(25)12-27-20(26)17-11-18(24)15-3-1-2-4-16(15)23-17/h1-8,11H,9,12H2,(H,22,25)(H,23,24). The van der Waals surface area contributed by atoms with Crippen molar-refractivity contribution >= 4 is 28.5 Å². The Balaban J connectivity index is 1.61. The number of fused-ring (bicyclic) bond motifs is 1. The minimum Gasteiger partial charge on any atom is -0.451 e. The fourth-order valence-corrected chi connectivity index (χ4v) is 2.51. The molecule has 7 nitrogen and oxygen atoms in total. The lowest BCUT2D eigenvalue weighted by atomic mass is 10.1. The molecule has 2 aromatic carbocycles. The topological polar surface area (TPSA) is 112 Å². The average molecular weight is 361 g/mol. The van der Waals surface area contributed by atoms with Gasteiger partial charge in [-0.05, 0) is 29.8 Å². The van der Waals surface area contributed by atoms with Gasteiger partial charge in [-0.25, -0.2) is 4.79 Å². The van der Waals surface area contributed by atoms with E-state index >= 15 is 0 Å². The number of carbonyl (C=O) groups excluding carboxylic acids is 2. The second kappa shape index (κ2) is 7.97. The van der Waals surface area contributed by atoms with Crippen molar-refractivity contribution in [2.24, 2.45) is 0 Å². The number of H-pyrrole nitrogens is 1. The normalized spacial score (nSPS) is 10.2. The Labute approximate surface area is 154 Å². The van der Waals surface area contributed by atoms with Gasteiger partial charge in [-0.2, -0.15) is 5.26 Å². The van der Waals surface area contributed by atoms with E-state index < -0.39 is 18.5 Å². The number of nitrogens with zero attached hydrogens (tertiary/aromatic N) is 1. The number of aromatic amines is 1. The summed E-state index contributed by atoms with van der Waals surface area (Å²) < 4.78 is 4.96. The van der Waals surface area contributed by atoms with Crippen LogP contribution in [0, 0.1) is 11.3 Å². The molecule has 2 N–H and O–H groups in total. The van der Waals surface area contributed by atoms with E-state index in [1.54, 1.807) is 48.5 Å². The third-order valence-corrected chi connectivity index (χ3v) is 3.81. The van der Waals surface area contributed by atoms with Crippen LogP contribution in [0.2, 0.25) is 0 Å². The van der Waals surface area contributed by atoms with Crippen molar-refractivity contribution in [3.8, 4) is 6.07 Å². The van der Waals surface area contributed by atoms with E-state index in [1.807, 2.05) is 6.07 Å². The molecule has 0 unspecified atom stereocenters. The minimum absolute atomic E-state index is 0.0210. The van der Waals surface area contributed by atoms with Crippen LogP contribution in [-0.2, 0) is 16.0 Å². The van der Waals surface area contributed by atoms with Gasteiger partial charge in [0.05, 0.1) is 12.5 Å². The third-order valence-electron chi connectivity index (χ3n) is 3.81. The molecule has 0 saturated carbocycles. The van der Waals surface area contributed by atoms with Crippen molar-refractivity contribution in [1.82, 2.24) is 4.98 Å². The molecule has 0 radical (unpaired) electrons. The van der Waals surface area contributed by atoms with E-state index in [1.165, 1.54) is 0 Å². The summed E-state index contributed by atoms with van der Waals surface area (Å²) in [5, 5.41) is 11.7. The number of hydrogen-bond acceptors (Lipinski definition) is 5. The number of nitriles is 1. The van der Waals surface area contributed by atoms with Gasteiger partial charge in [0, 0.05) is 22.7 Å². The number of hydrogen-bond donors (Lipinski definition) is 2. The Hall–Kier alpha value is -3.92. The summed E-state index contributed by atoms with van der Waals surface area (Å²) in [7, 11) is 0. The van der Waals surface area contributed by atoms with Gasteiger partial charge in [0.1, 0.15) is 5.69 Å². The van der Waals surface area contributed by atoms with Crippen LogP contribution in [0.5, 0.6) is 0 Å². The summed E-state index contributed by atoms with van der Waals surface area (Å²) in [6, 6.07) is 16.8. The predicted molar refractivity (Wildman–Crippen MR) is 99.2 cm³/mol. The van der Waals surface area contributed by atoms with E-state index in [9.17, 15) is 14.4 Å². The molecule has 1 amide bonds. The minimum atomic E-state index is -0.794. The molecule has 0 aliphatic heterocycles. The fraction of sp³-hybridized carbons (Fsp3) is 0.100. The third kappa shape index (κ3) is 4.38. The predicted octanol–water partition coefficient (Wildman–Crippen LogP) is 2.39. The number of benzene rings is 2. The maximum absolute atomic E-state index is 12.1. The number of aromatic nitrogens is 1. The molecule has 134 valence electrons. The number of pyridine rings is 1. The quantitative estimate of drug-likeness (QED) is 0.678. The lowest BCUT2D eigenvalue weighted by molar-refractivity contribution is -0.119. The van der Waals surface area contributed by atoms with Gasteiger partial charge < -0.3 is 15.0 Å². The Kier molecular flexibility index (Phi) is 5.28. The van der Waals surface area contributed by atoms with Crippen molar-refractivity contribution in [1.29, 1.82) is 5.26 Å². The van der Waals surface area contributed by atoms with Crippen LogP contribution < -0.4 is 10.7 Å². The summed E-state index contributed by atoms with van der Waals surface area (Å²) >= 11 is 0. The van der Waals surface area contributed by atoms with Crippen LogP contribution in [0.4, 0.5) is 5.69 Å². The van der Waals surface area contributed by atoms with Gasteiger partial charge in [0.15, 0.2) is 12.0 Å². The first-order chi connectivity index (χ1) is 13.1. The molecule has 0 aliphatic rings. The maximum Gasteiger partial charge on any atom is 0.355 e. The molecule has 0 bridgehead atoms. The molecule has 0 aliphatic carbocycles. The van der Waals surface area contributed by atoms with E-state index in [0.29, 0.717) is 16.6 Å². The fourth-order valence-electron chi connectivity index (χ4n) is 2.51. The van der Waals surface area contributed by atoms with Crippen LogP contribution in [0.15, 0.2) is 59.4 Å². The summed E-state index contributed by atoms with van der Waals surface area (Å²) in [5.74, 6) is -1.31. The van der Waals surface area contributed by atoms with E-state index in [-0.39, 0.29) is 17.5 Å². The SMILES string of the molecule is N#CCc1ccc(NC(=O)COC(=O)c2cc(=O)c3ccccc3[nH]2)cc1. The first-order valence-corrected chi connectivity index (χ1v) is 8.12. The molecular weight excluding hydrogens is 346 g/mol. The summed E-state index contributed by atoms with van der Waals surface area (Å²) in [5.41, 5.74) is 1.54. The molecule has 3 rings (SSSR count). The van der Waals surface area contributed by atoms with Gasteiger partial charge in [-0.15, -0.1) is 0 Å². The van der Waals surface area contributed by atoms with Crippen LogP contribution in [0.25, 0.3) is 10.9 Å².